The van der Waals surface area contributed by atoms with Gasteiger partial charge in [-0.25, -0.2) is 9.97 Å². The Kier molecular flexibility index (Phi) is 4.95. The number of aromatic nitrogens is 2. The van der Waals surface area contributed by atoms with Crippen LogP contribution in [-0.2, 0) is 6.42 Å². The van der Waals surface area contributed by atoms with Crippen molar-refractivity contribution in [3.63, 3.8) is 0 Å². The molecule has 0 saturated carbocycles. The van der Waals surface area contributed by atoms with Gasteiger partial charge >= 0.3 is 0 Å². The molecule has 0 aliphatic carbocycles. The molecule has 0 bridgehead atoms. The lowest BCUT2D eigenvalue weighted by Crippen LogP contribution is -2.46. The molecule has 2 aromatic heterocycles. The number of benzene rings is 1. The van der Waals surface area contributed by atoms with Gasteiger partial charge in [0.2, 0.25) is 0 Å². The van der Waals surface area contributed by atoms with Gasteiger partial charge in [-0.3, -0.25) is 4.90 Å². The zero-order valence-corrected chi connectivity index (χ0v) is 15.5. The molecule has 0 radical (unpaired) electrons. The first-order chi connectivity index (χ1) is 12.3. The standard InChI is InChI=1S/C20H24N4S/c1-16-6-4-7-17-20(16)25-19(22-17)9-5-11-23-12-14-24(15-13-23)18-8-2-3-10-21-18/h2-4,6-8,10H,5,9,11-15H2,1H3. The highest BCUT2D eigenvalue weighted by Crippen LogP contribution is 2.26. The van der Waals surface area contributed by atoms with Crippen molar-refractivity contribution >= 4 is 27.4 Å². The summed E-state index contributed by atoms with van der Waals surface area (Å²) in [5.41, 5.74) is 2.50. The normalized spacial score (nSPS) is 15.8. The number of hydrogen-bond donors (Lipinski definition) is 0. The fourth-order valence-corrected chi connectivity index (χ4v) is 4.51. The molecule has 0 atom stereocenters. The van der Waals surface area contributed by atoms with Crippen LogP contribution in [0, 0.1) is 6.92 Å². The fourth-order valence-electron chi connectivity index (χ4n) is 3.43. The van der Waals surface area contributed by atoms with Gasteiger partial charge in [-0.05, 0) is 43.7 Å². The van der Waals surface area contributed by atoms with Gasteiger partial charge in [-0.2, -0.15) is 0 Å². The third kappa shape index (κ3) is 3.83. The summed E-state index contributed by atoms with van der Waals surface area (Å²) < 4.78 is 1.35. The molecule has 0 unspecified atom stereocenters. The summed E-state index contributed by atoms with van der Waals surface area (Å²) in [4.78, 5) is 14.2. The third-order valence-electron chi connectivity index (χ3n) is 4.87. The average molecular weight is 353 g/mol. The first-order valence-corrected chi connectivity index (χ1v) is 9.84. The number of rotatable bonds is 5. The average Bonchev–Trinajstić information content (AvgIpc) is 3.07. The van der Waals surface area contributed by atoms with Crippen molar-refractivity contribution in [2.45, 2.75) is 19.8 Å². The van der Waals surface area contributed by atoms with Gasteiger partial charge in [0.05, 0.1) is 15.2 Å². The lowest BCUT2D eigenvalue weighted by molar-refractivity contribution is 0.254. The number of fused-ring (bicyclic) bond motifs is 1. The highest BCUT2D eigenvalue weighted by atomic mass is 32.1. The Hall–Kier alpha value is -1.98. The predicted octanol–water partition coefficient (Wildman–Crippen LogP) is 3.75. The first kappa shape index (κ1) is 16.5. The molecule has 1 aliphatic rings. The van der Waals surface area contributed by atoms with Crippen molar-refractivity contribution in [3.05, 3.63) is 53.2 Å². The third-order valence-corrected chi connectivity index (χ3v) is 6.13. The van der Waals surface area contributed by atoms with Gasteiger partial charge in [0, 0.05) is 38.8 Å². The van der Waals surface area contributed by atoms with Gasteiger partial charge in [-0.15, -0.1) is 11.3 Å². The van der Waals surface area contributed by atoms with Gasteiger partial charge in [-0.1, -0.05) is 18.2 Å². The van der Waals surface area contributed by atoms with Crippen molar-refractivity contribution in [3.8, 4) is 0 Å². The Labute approximate surface area is 153 Å². The second kappa shape index (κ2) is 7.50. The van der Waals surface area contributed by atoms with Crippen molar-refractivity contribution in [2.75, 3.05) is 37.6 Å². The Bertz CT molecular complexity index is 822. The van der Waals surface area contributed by atoms with E-state index >= 15 is 0 Å². The molecule has 1 fully saturated rings. The van der Waals surface area contributed by atoms with E-state index in [0.717, 1.165) is 50.5 Å². The van der Waals surface area contributed by atoms with E-state index in [1.54, 1.807) is 0 Å². The van der Waals surface area contributed by atoms with Crippen molar-refractivity contribution in [2.24, 2.45) is 0 Å². The topological polar surface area (TPSA) is 32.3 Å². The fraction of sp³-hybridized carbons (Fsp3) is 0.400. The number of nitrogens with zero attached hydrogens (tertiary/aromatic N) is 4. The molecule has 0 N–H and O–H groups in total. The van der Waals surface area contributed by atoms with Gasteiger partial charge in [0.1, 0.15) is 5.82 Å². The lowest BCUT2D eigenvalue weighted by Gasteiger charge is -2.35. The molecule has 5 heteroatoms. The van der Waals surface area contributed by atoms with Crippen LogP contribution >= 0.6 is 11.3 Å². The van der Waals surface area contributed by atoms with E-state index in [1.165, 1.54) is 21.7 Å². The number of piperazine rings is 1. The van der Waals surface area contributed by atoms with E-state index in [4.69, 9.17) is 4.98 Å². The van der Waals surface area contributed by atoms with Crippen LogP contribution in [0.25, 0.3) is 10.2 Å². The molecule has 3 aromatic rings. The predicted molar refractivity (Wildman–Crippen MR) is 106 cm³/mol. The highest BCUT2D eigenvalue weighted by molar-refractivity contribution is 7.18. The number of hydrogen-bond acceptors (Lipinski definition) is 5. The van der Waals surface area contributed by atoms with Crippen molar-refractivity contribution in [1.29, 1.82) is 0 Å². The Balaban J connectivity index is 1.26. The zero-order chi connectivity index (χ0) is 17.1. The number of pyridine rings is 1. The molecule has 3 heterocycles. The van der Waals surface area contributed by atoms with Gasteiger partial charge < -0.3 is 4.90 Å². The minimum atomic E-state index is 1.07. The second-order valence-electron chi connectivity index (χ2n) is 6.65. The quantitative estimate of drug-likeness (QED) is 0.700. The second-order valence-corrected chi connectivity index (χ2v) is 7.73. The number of aryl methyl sites for hydroxylation is 2. The summed E-state index contributed by atoms with van der Waals surface area (Å²) in [5, 5.41) is 1.27. The van der Waals surface area contributed by atoms with Crippen LogP contribution < -0.4 is 4.90 Å². The van der Waals surface area contributed by atoms with E-state index in [-0.39, 0.29) is 0 Å². The van der Waals surface area contributed by atoms with E-state index in [2.05, 4.69) is 52.0 Å². The van der Waals surface area contributed by atoms with E-state index < -0.39 is 0 Å². The van der Waals surface area contributed by atoms with Crippen LogP contribution in [0.2, 0.25) is 0 Å². The summed E-state index contributed by atoms with van der Waals surface area (Å²) in [6, 6.07) is 12.5. The Morgan fingerprint density at radius 1 is 1.04 bits per heavy atom. The first-order valence-electron chi connectivity index (χ1n) is 9.03. The largest absolute Gasteiger partial charge is 0.354 e. The molecule has 4 nitrogen and oxygen atoms in total. The van der Waals surface area contributed by atoms with Gasteiger partial charge in [0.25, 0.3) is 0 Å². The molecule has 1 saturated heterocycles. The maximum Gasteiger partial charge on any atom is 0.128 e. The van der Waals surface area contributed by atoms with Crippen LogP contribution in [0.15, 0.2) is 42.6 Å². The van der Waals surface area contributed by atoms with Gasteiger partial charge in [0.15, 0.2) is 0 Å². The maximum atomic E-state index is 4.79. The molecule has 4 rings (SSSR count). The Morgan fingerprint density at radius 3 is 2.68 bits per heavy atom. The van der Waals surface area contributed by atoms with E-state index in [9.17, 15) is 0 Å². The summed E-state index contributed by atoms with van der Waals surface area (Å²) in [6.45, 7) is 7.70. The van der Waals surface area contributed by atoms with Crippen LogP contribution in [0.5, 0.6) is 0 Å². The van der Waals surface area contributed by atoms with E-state index in [1.807, 2.05) is 23.6 Å². The smallest absolute Gasteiger partial charge is 0.128 e. The number of anilines is 1. The minimum Gasteiger partial charge on any atom is -0.354 e. The van der Waals surface area contributed by atoms with Crippen LogP contribution in [-0.4, -0.2) is 47.6 Å². The van der Waals surface area contributed by atoms with E-state index in [0.29, 0.717) is 0 Å². The van der Waals surface area contributed by atoms with Crippen molar-refractivity contribution < 1.29 is 0 Å². The molecular weight excluding hydrogens is 328 g/mol. The Morgan fingerprint density at radius 2 is 1.92 bits per heavy atom. The van der Waals surface area contributed by atoms with Crippen LogP contribution in [0.4, 0.5) is 5.82 Å². The monoisotopic (exact) mass is 352 g/mol. The molecule has 0 amide bonds. The minimum absolute atomic E-state index is 1.07. The summed E-state index contributed by atoms with van der Waals surface area (Å²) >= 11 is 1.86. The van der Waals surface area contributed by atoms with Crippen LogP contribution in [0.1, 0.15) is 17.0 Å². The zero-order valence-electron chi connectivity index (χ0n) is 14.7. The molecule has 0 spiro atoms. The molecular formula is C20H24N4S. The summed E-state index contributed by atoms with van der Waals surface area (Å²) in [7, 11) is 0. The van der Waals surface area contributed by atoms with Crippen molar-refractivity contribution in [1.82, 2.24) is 14.9 Å². The molecule has 1 aromatic carbocycles. The highest BCUT2D eigenvalue weighted by Gasteiger charge is 2.17. The molecule has 25 heavy (non-hydrogen) atoms. The maximum absolute atomic E-state index is 4.79. The van der Waals surface area contributed by atoms with Crippen LogP contribution in [0.3, 0.4) is 0 Å². The number of thiazole rings is 1. The SMILES string of the molecule is Cc1cccc2nc(CCCN3CCN(c4ccccn4)CC3)sc12. The molecule has 130 valence electrons. The summed E-state index contributed by atoms with van der Waals surface area (Å²) in [6.07, 6.45) is 4.14. The molecule has 1 aliphatic heterocycles. The lowest BCUT2D eigenvalue weighted by atomic mass is 10.2. The summed E-state index contributed by atoms with van der Waals surface area (Å²) in [5.74, 6) is 1.10.